The molecule has 1 spiro atoms. The molecule has 0 bridgehead atoms. The second-order valence-electron chi connectivity index (χ2n) is 14.3. The van der Waals surface area contributed by atoms with Crippen molar-refractivity contribution in [3.8, 4) is 0 Å². The van der Waals surface area contributed by atoms with Crippen LogP contribution in [0.4, 0.5) is 0 Å². The number of hydrogen-bond donors (Lipinski definition) is 0. The number of allylic oxidation sites excluding steroid dienone is 3. The fourth-order valence-electron chi connectivity index (χ4n) is 10.1. The number of ketones is 1. The highest BCUT2D eigenvalue weighted by molar-refractivity contribution is 5.91. The van der Waals surface area contributed by atoms with E-state index in [1.54, 1.807) is 11.1 Å². The van der Waals surface area contributed by atoms with E-state index < -0.39 is 0 Å². The van der Waals surface area contributed by atoms with Gasteiger partial charge in [0.05, 0.1) is 11.7 Å². The number of likely N-dealkylation sites (N-methyl/N-ethyl adjacent to an activating group) is 1. The van der Waals surface area contributed by atoms with Gasteiger partial charge in [-0.15, -0.1) is 0 Å². The SMILES string of the molecule is CC1=C2C[C@H]3[C@@H](CCC4=CC(=O)CC[C@@]43C)[C@@H]2CC[C@@]2(C1)O[C@@H]1C[C@H](C)CN(CCN(C)C)[C@H]1[C@H]2C. The van der Waals surface area contributed by atoms with Crippen LogP contribution in [0.1, 0.15) is 85.5 Å². The van der Waals surface area contributed by atoms with Crippen LogP contribution in [0.25, 0.3) is 0 Å². The number of likely N-dealkylation sites (tertiary alicyclic amines) is 1. The lowest BCUT2D eigenvalue weighted by atomic mass is 9.56. The molecule has 2 saturated heterocycles. The molecule has 0 amide bonds. The average Bonchev–Trinajstić information content (AvgIpc) is 3.28. The Morgan fingerprint density at radius 3 is 2.75 bits per heavy atom. The van der Waals surface area contributed by atoms with E-state index in [1.165, 1.54) is 44.2 Å². The van der Waals surface area contributed by atoms with E-state index in [4.69, 9.17) is 4.74 Å². The first-order valence-corrected chi connectivity index (χ1v) is 15.1. The Labute approximate surface area is 219 Å². The van der Waals surface area contributed by atoms with Gasteiger partial charge in [-0.2, -0.15) is 0 Å². The van der Waals surface area contributed by atoms with E-state index in [2.05, 4.69) is 51.6 Å². The lowest BCUT2D eigenvalue weighted by molar-refractivity contribution is -0.116. The molecule has 2 aliphatic heterocycles. The molecule has 0 radical (unpaired) electrons. The molecule has 4 aliphatic carbocycles. The average molecular weight is 495 g/mol. The summed E-state index contributed by atoms with van der Waals surface area (Å²) < 4.78 is 7.25. The highest BCUT2D eigenvalue weighted by Crippen LogP contribution is 2.64. The topological polar surface area (TPSA) is 32.8 Å². The van der Waals surface area contributed by atoms with Gasteiger partial charge in [0.15, 0.2) is 5.78 Å². The molecule has 200 valence electrons. The van der Waals surface area contributed by atoms with Crippen LogP contribution < -0.4 is 0 Å². The highest BCUT2D eigenvalue weighted by Gasteiger charge is 2.59. The molecule has 4 heteroatoms. The van der Waals surface area contributed by atoms with Crippen molar-refractivity contribution < 1.29 is 9.53 Å². The minimum Gasteiger partial charge on any atom is -0.369 e. The molecule has 0 aromatic rings. The largest absolute Gasteiger partial charge is 0.369 e. The summed E-state index contributed by atoms with van der Waals surface area (Å²) in [5.74, 6) is 3.96. The third kappa shape index (κ3) is 3.92. The van der Waals surface area contributed by atoms with Crippen molar-refractivity contribution in [2.45, 2.75) is 103 Å². The molecule has 36 heavy (non-hydrogen) atoms. The number of rotatable bonds is 3. The van der Waals surface area contributed by atoms with Crippen molar-refractivity contribution >= 4 is 5.78 Å². The summed E-state index contributed by atoms with van der Waals surface area (Å²) in [7, 11) is 4.40. The number of ether oxygens (including phenoxy) is 1. The number of hydrogen-bond acceptors (Lipinski definition) is 4. The summed E-state index contributed by atoms with van der Waals surface area (Å²) in [4.78, 5) is 17.3. The van der Waals surface area contributed by atoms with Gasteiger partial charge in [0.2, 0.25) is 0 Å². The standard InChI is InChI=1S/C32H50N2O2/c1-20-15-29-30(34(19-20)14-13-33(5)6)22(3)32(36-29)12-10-25-26-8-7-23-16-24(35)9-11-31(23,4)28(26)17-27(25)21(2)18-32/h16,20,22,25-26,28-30H,7-15,17-19H2,1-6H3/t20-,22+,25-,26-,28-,29+,30-,31-,32-/m0/s1. The van der Waals surface area contributed by atoms with Gasteiger partial charge in [0.25, 0.3) is 0 Å². The first kappa shape index (κ1) is 25.3. The van der Waals surface area contributed by atoms with Crippen LogP contribution >= 0.6 is 0 Å². The smallest absolute Gasteiger partial charge is 0.155 e. The molecule has 0 unspecified atom stereocenters. The monoisotopic (exact) mass is 494 g/mol. The van der Waals surface area contributed by atoms with Gasteiger partial charge in [-0.1, -0.05) is 37.5 Å². The highest BCUT2D eigenvalue weighted by atomic mass is 16.5. The molecular formula is C32H50N2O2. The van der Waals surface area contributed by atoms with Crippen molar-refractivity contribution in [3.05, 3.63) is 22.8 Å². The minimum absolute atomic E-state index is 0.0214. The third-order valence-electron chi connectivity index (χ3n) is 12.0. The maximum Gasteiger partial charge on any atom is 0.155 e. The molecule has 6 rings (SSSR count). The van der Waals surface area contributed by atoms with Gasteiger partial charge in [-0.25, -0.2) is 0 Å². The van der Waals surface area contributed by atoms with E-state index in [0.29, 0.717) is 29.8 Å². The van der Waals surface area contributed by atoms with Gasteiger partial charge in [0, 0.05) is 38.0 Å². The summed E-state index contributed by atoms with van der Waals surface area (Å²) in [6.45, 7) is 13.4. The van der Waals surface area contributed by atoms with E-state index in [-0.39, 0.29) is 11.0 Å². The van der Waals surface area contributed by atoms with E-state index in [9.17, 15) is 4.79 Å². The van der Waals surface area contributed by atoms with Crippen LogP contribution in [0.3, 0.4) is 0 Å². The van der Waals surface area contributed by atoms with Crippen LogP contribution in [0.5, 0.6) is 0 Å². The van der Waals surface area contributed by atoms with Gasteiger partial charge in [-0.3, -0.25) is 9.69 Å². The van der Waals surface area contributed by atoms with Gasteiger partial charge in [-0.05, 0) is 108 Å². The normalized spacial score (nSPS) is 46.9. The third-order valence-corrected chi connectivity index (χ3v) is 12.0. The lowest BCUT2D eigenvalue weighted by Crippen LogP contribution is -2.53. The van der Waals surface area contributed by atoms with E-state index in [1.807, 2.05) is 6.08 Å². The van der Waals surface area contributed by atoms with Crippen molar-refractivity contribution in [2.75, 3.05) is 33.7 Å². The minimum atomic E-state index is 0.0214. The molecule has 0 N–H and O–H groups in total. The zero-order valence-corrected chi connectivity index (χ0v) is 23.8. The van der Waals surface area contributed by atoms with Crippen LogP contribution in [0.15, 0.2) is 22.8 Å². The maximum atomic E-state index is 12.2. The molecule has 9 atom stereocenters. The zero-order valence-electron chi connectivity index (χ0n) is 23.8. The van der Waals surface area contributed by atoms with Crippen LogP contribution in [0, 0.1) is 35.0 Å². The number of nitrogens with zero attached hydrogens (tertiary/aromatic N) is 2. The summed E-state index contributed by atoms with van der Waals surface area (Å²) in [5, 5.41) is 0. The fourth-order valence-corrected chi connectivity index (χ4v) is 10.1. The van der Waals surface area contributed by atoms with Crippen LogP contribution in [-0.2, 0) is 9.53 Å². The second kappa shape index (κ2) is 9.06. The van der Waals surface area contributed by atoms with Crippen molar-refractivity contribution in [3.63, 3.8) is 0 Å². The summed E-state index contributed by atoms with van der Waals surface area (Å²) in [5.41, 5.74) is 5.21. The van der Waals surface area contributed by atoms with Crippen LogP contribution in [0.2, 0.25) is 0 Å². The second-order valence-corrected chi connectivity index (χ2v) is 14.3. The van der Waals surface area contributed by atoms with Gasteiger partial charge in [0.1, 0.15) is 0 Å². The predicted octanol–water partition coefficient (Wildman–Crippen LogP) is 5.87. The Kier molecular flexibility index (Phi) is 6.37. The molecule has 2 saturated carbocycles. The zero-order chi connectivity index (χ0) is 25.4. The van der Waals surface area contributed by atoms with Crippen LogP contribution in [-0.4, -0.2) is 67.1 Å². The van der Waals surface area contributed by atoms with Crippen molar-refractivity contribution in [2.24, 2.45) is 35.0 Å². The summed E-state index contributed by atoms with van der Waals surface area (Å²) in [6.07, 6.45) is 12.9. The number of piperidine rings is 1. The lowest BCUT2D eigenvalue weighted by Gasteiger charge is -2.48. The molecule has 2 heterocycles. The molecule has 0 aromatic carbocycles. The first-order chi connectivity index (χ1) is 17.1. The Bertz CT molecular complexity index is 967. The van der Waals surface area contributed by atoms with E-state index in [0.717, 1.165) is 56.5 Å². The van der Waals surface area contributed by atoms with Gasteiger partial charge >= 0.3 is 0 Å². The maximum absolute atomic E-state index is 12.2. The Balaban J connectivity index is 1.26. The molecule has 4 nitrogen and oxygen atoms in total. The number of fused-ring (bicyclic) bond motifs is 6. The summed E-state index contributed by atoms with van der Waals surface area (Å²) >= 11 is 0. The molecule has 4 fully saturated rings. The Morgan fingerprint density at radius 2 is 1.97 bits per heavy atom. The number of carbonyl (C=O) groups is 1. The quantitative estimate of drug-likeness (QED) is 0.459. The summed E-state index contributed by atoms with van der Waals surface area (Å²) in [6, 6.07) is 0.575. The van der Waals surface area contributed by atoms with Crippen molar-refractivity contribution in [1.82, 2.24) is 9.80 Å². The molecule has 6 aliphatic rings. The fraction of sp³-hybridized carbons (Fsp3) is 0.844. The Morgan fingerprint density at radius 1 is 1.17 bits per heavy atom. The van der Waals surface area contributed by atoms with Crippen molar-refractivity contribution in [1.29, 1.82) is 0 Å². The van der Waals surface area contributed by atoms with E-state index >= 15 is 0 Å². The molecular weight excluding hydrogens is 444 g/mol. The molecule has 0 aromatic heterocycles. The predicted molar refractivity (Wildman–Crippen MR) is 146 cm³/mol. The number of carbonyl (C=O) groups excluding carboxylic acids is 1. The Hall–Kier alpha value is -0.970. The first-order valence-electron chi connectivity index (χ1n) is 15.1. The van der Waals surface area contributed by atoms with Gasteiger partial charge < -0.3 is 9.64 Å².